The largest absolute Gasteiger partial charge is 0.490 e. The van der Waals surface area contributed by atoms with Crippen molar-refractivity contribution in [3.8, 4) is 0 Å². The maximum atomic E-state index is 5.41. The normalized spacial score (nSPS) is 18.6. The SMILES string of the molecule is C1=C2Cc3cc(n1c3)CO2. The zero-order valence-corrected chi connectivity index (χ0v) is 5.50. The molecule has 0 spiro atoms. The maximum Gasteiger partial charge on any atom is 0.128 e. The molecule has 2 aliphatic rings. The molecular weight excluding hydrogens is 126 g/mol. The zero-order valence-electron chi connectivity index (χ0n) is 5.50. The van der Waals surface area contributed by atoms with E-state index in [4.69, 9.17) is 4.74 Å². The van der Waals surface area contributed by atoms with Gasteiger partial charge in [0.1, 0.15) is 12.4 Å². The van der Waals surface area contributed by atoms with Gasteiger partial charge >= 0.3 is 0 Å². The molecule has 2 heteroatoms. The Morgan fingerprint density at radius 3 is 3.50 bits per heavy atom. The molecule has 0 aromatic carbocycles. The average molecular weight is 133 g/mol. The van der Waals surface area contributed by atoms with Crippen molar-refractivity contribution in [1.29, 1.82) is 0 Å². The molecule has 50 valence electrons. The summed E-state index contributed by atoms with van der Waals surface area (Å²) in [5.74, 6) is 1.11. The molecule has 10 heavy (non-hydrogen) atoms. The van der Waals surface area contributed by atoms with E-state index in [9.17, 15) is 0 Å². The third-order valence-corrected chi connectivity index (χ3v) is 2.06. The van der Waals surface area contributed by atoms with Gasteiger partial charge in [-0.15, -0.1) is 0 Å². The molecule has 0 N–H and O–H groups in total. The van der Waals surface area contributed by atoms with E-state index < -0.39 is 0 Å². The highest BCUT2D eigenvalue weighted by Gasteiger charge is 2.18. The lowest BCUT2D eigenvalue weighted by Gasteiger charge is -2.17. The summed E-state index contributed by atoms with van der Waals surface area (Å²) < 4.78 is 7.56. The Hall–Kier alpha value is -1.18. The molecule has 3 heterocycles. The highest BCUT2D eigenvalue weighted by Crippen LogP contribution is 2.26. The highest BCUT2D eigenvalue weighted by atomic mass is 16.5. The van der Waals surface area contributed by atoms with Gasteiger partial charge in [-0.25, -0.2) is 0 Å². The molecule has 0 fully saturated rings. The van der Waals surface area contributed by atoms with Crippen molar-refractivity contribution in [3.05, 3.63) is 29.3 Å². The molecular formula is C8H7NO. The molecule has 0 saturated carbocycles. The van der Waals surface area contributed by atoms with Gasteiger partial charge in [-0.05, 0) is 11.6 Å². The number of aromatic nitrogens is 1. The third-order valence-electron chi connectivity index (χ3n) is 2.06. The van der Waals surface area contributed by atoms with Gasteiger partial charge in [0.15, 0.2) is 0 Å². The minimum atomic E-state index is 0.756. The second-order valence-corrected chi connectivity index (χ2v) is 2.81. The van der Waals surface area contributed by atoms with Gasteiger partial charge in [0.2, 0.25) is 0 Å². The topological polar surface area (TPSA) is 14.2 Å². The predicted molar refractivity (Wildman–Crippen MR) is 37.2 cm³/mol. The summed E-state index contributed by atoms with van der Waals surface area (Å²) in [5, 5.41) is 0. The minimum absolute atomic E-state index is 0.756. The Morgan fingerprint density at radius 2 is 2.50 bits per heavy atom. The Balaban J connectivity index is 2.40. The van der Waals surface area contributed by atoms with E-state index in [-0.39, 0.29) is 0 Å². The van der Waals surface area contributed by atoms with Crippen molar-refractivity contribution in [2.24, 2.45) is 0 Å². The number of hydrogen-bond donors (Lipinski definition) is 0. The van der Waals surface area contributed by atoms with Gasteiger partial charge in [0, 0.05) is 18.8 Å². The third kappa shape index (κ3) is 0.407. The monoisotopic (exact) mass is 133 g/mol. The quantitative estimate of drug-likeness (QED) is 0.521. The number of rotatable bonds is 0. The van der Waals surface area contributed by atoms with Crippen molar-refractivity contribution in [3.63, 3.8) is 0 Å². The Kier molecular flexibility index (Phi) is 0.592. The molecule has 0 saturated heterocycles. The highest BCUT2D eigenvalue weighted by molar-refractivity contribution is 5.44. The van der Waals surface area contributed by atoms with Crippen LogP contribution in [0.4, 0.5) is 0 Å². The molecule has 1 aromatic heterocycles. The smallest absolute Gasteiger partial charge is 0.128 e. The van der Waals surface area contributed by atoms with Crippen LogP contribution in [0.1, 0.15) is 11.3 Å². The minimum Gasteiger partial charge on any atom is -0.490 e. The summed E-state index contributed by atoms with van der Waals surface area (Å²) in [6.07, 6.45) is 5.22. The predicted octanol–water partition coefficient (Wildman–Crippen LogP) is 1.37. The lowest BCUT2D eigenvalue weighted by atomic mass is 10.2. The fourth-order valence-corrected chi connectivity index (χ4v) is 1.58. The zero-order chi connectivity index (χ0) is 6.55. The fraction of sp³-hybridized carbons (Fsp3) is 0.250. The van der Waals surface area contributed by atoms with Gasteiger partial charge in [-0.3, -0.25) is 0 Å². The lowest BCUT2D eigenvalue weighted by Crippen LogP contribution is -2.08. The summed E-state index contributed by atoms with van der Waals surface area (Å²) in [5.41, 5.74) is 2.65. The molecule has 0 amide bonds. The van der Waals surface area contributed by atoms with Crippen molar-refractivity contribution >= 4 is 6.20 Å². The molecule has 0 aliphatic carbocycles. The van der Waals surface area contributed by atoms with Gasteiger partial charge in [-0.1, -0.05) is 0 Å². The molecule has 3 rings (SSSR count). The molecule has 3 bridgehead atoms. The molecule has 1 aromatic rings. The maximum absolute atomic E-state index is 5.41. The van der Waals surface area contributed by atoms with Gasteiger partial charge in [0.05, 0.1) is 5.69 Å². The van der Waals surface area contributed by atoms with Crippen LogP contribution in [0.3, 0.4) is 0 Å². The number of allylic oxidation sites excluding steroid dienone is 1. The molecule has 2 aliphatic heterocycles. The summed E-state index contributed by atoms with van der Waals surface area (Å²) in [4.78, 5) is 0. The van der Waals surface area contributed by atoms with E-state index >= 15 is 0 Å². The van der Waals surface area contributed by atoms with Crippen molar-refractivity contribution in [2.45, 2.75) is 13.0 Å². The second kappa shape index (κ2) is 1.29. The first-order chi connectivity index (χ1) is 4.92. The number of ether oxygens (including phenoxy) is 1. The van der Waals surface area contributed by atoms with Crippen LogP contribution in [0.5, 0.6) is 0 Å². The van der Waals surface area contributed by atoms with E-state index in [0.717, 1.165) is 18.8 Å². The standard InChI is InChI=1S/C8H7NO/c1-6-2-8-4-9(3-6)7(1)5-10-8/h1,3-4H,2,5H2. The second-order valence-electron chi connectivity index (χ2n) is 2.81. The summed E-state index contributed by atoms with van der Waals surface area (Å²) in [6.45, 7) is 0.756. The number of hydrogen-bond acceptors (Lipinski definition) is 1. The molecule has 0 unspecified atom stereocenters. The number of fused-ring (bicyclic) bond motifs is 1. The van der Waals surface area contributed by atoms with Gasteiger partial charge in [-0.2, -0.15) is 0 Å². The van der Waals surface area contributed by atoms with E-state index in [0.29, 0.717) is 0 Å². The van der Waals surface area contributed by atoms with Crippen molar-refractivity contribution in [1.82, 2.24) is 4.57 Å². The first kappa shape index (κ1) is 4.61. The molecule has 0 radical (unpaired) electrons. The Bertz CT molecular complexity index is 322. The van der Waals surface area contributed by atoms with Crippen LogP contribution in [0.15, 0.2) is 18.0 Å². The van der Waals surface area contributed by atoms with E-state index in [1.807, 2.05) is 0 Å². The van der Waals surface area contributed by atoms with Crippen LogP contribution in [0.2, 0.25) is 0 Å². The van der Waals surface area contributed by atoms with Crippen LogP contribution in [-0.4, -0.2) is 4.57 Å². The molecule has 2 nitrogen and oxygen atoms in total. The fourth-order valence-electron chi connectivity index (χ4n) is 1.58. The van der Waals surface area contributed by atoms with Crippen LogP contribution in [-0.2, 0) is 17.8 Å². The lowest BCUT2D eigenvalue weighted by molar-refractivity contribution is 0.183. The summed E-state index contributed by atoms with van der Waals surface area (Å²) >= 11 is 0. The first-order valence-corrected chi connectivity index (χ1v) is 3.45. The van der Waals surface area contributed by atoms with Gasteiger partial charge < -0.3 is 9.30 Å². The van der Waals surface area contributed by atoms with Crippen LogP contribution in [0, 0.1) is 0 Å². The van der Waals surface area contributed by atoms with Crippen LogP contribution in [0.25, 0.3) is 6.20 Å². The first-order valence-electron chi connectivity index (χ1n) is 3.45. The average Bonchev–Trinajstić information content (AvgIpc) is 2.11. The Labute approximate surface area is 58.7 Å². The van der Waals surface area contributed by atoms with E-state index in [1.165, 1.54) is 11.3 Å². The Morgan fingerprint density at radius 1 is 1.50 bits per heavy atom. The van der Waals surface area contributed by atoms with Crippen molar-refractivity contribution < 1.29 is 4.74 Å². The van der Waals surface area contributed by atoms with Crippen LogP contribution < -0.4 is 0 Å². The molecule has 0 atom stereocenters. The van der Waals surface area contributed by atoms with Crippen molar-refractivity contribution in [2.75, 3.05) is 0 Å². The summed E-state index contributed by atoms with van der Waals surface area (Å²) in [7, 11) is 0. The summed E-state index contributed by atoms with van der Waals surface area (Å²) in [6, 6.07) is 2.20. The van der Waals surface area contributed by atoms with Gasteiger partial charge in [0.25, 0.3) is 0 Å². The van der Waals surface area contributed by atoms with E-state index in [2.05, 4.69) is 23.0 Å². The van der Waals surface area contributed by atoms with Crippen LogP contribution >= 0.6 is 0 Å². The van der Waals surface area contributed by atoms with E-state index in [1.54, 1.807) is 0 Å². The number of nitrogens with zero attached hydrogens (tertiary/aromatic N) is 1.